The zero-order chi connectivity index (χ0) is 18.6. The molecule has 0 aliphatic heterocycles. The molecule has 0 bridgehead atoms. The number of primary amides is 1. The number of nitrogens with two attached hydrogens (primary N) is 1. The monoisotopic (exact) mass is 352 g/mol. The molecule has 4 N–H and O–H groups in total. The molecule has 136 valence electrons. The van der Waals surface area contributed by atoms with Crippen molar-refractivity contribution in [3.8, 4) is 17.2 Å². The third kappa shape index (κ3) is 4.52. The van der Waals surface area contributed by atoms with Crippen molar-refractivity contribution < 1.29 is 33.7 Å². The predicted molar refractivity (Wildman–Crippen MR) is 85.8 cm³/mol. The Bertz CT molecular complexity index is 660. The van der Waals surface area contributed by atoms with Crippen LogP contribution < -0.4 is 25.3 Å². The summed E-state index contributed by atoms with van der Waals surface area (Å²) in [5, 5.41) is 11.7. The zero-order valence-corrected chi connectivity index (χ0v) is 13.9. The first-order valence-corrected chi connectivity index (χ1v) is 7.58. The van der Waals surface area contributed by atoms with E-state index in [4.69, 9.17) is 19.9 Å². The lowest BCUT2D eigenvalue weighted by atomic mass is 10.1. The topological polar surface area (TPSA) is 137 Å². The van der Waals surface area contributed by atoms with E-state index in [1.165, 1.54) is 26.4 Å². The summed E-state index contributed by atoms with van der Waals surface area (Å²) in [6.07, 6.45) is 1.54. The first-order chi connectivity index (χ1) is 11.9. The number of benzene rings is 1. The average Bonchev–Trinajstić information content (AvgIpc) is 3.41. The van der Waals surface area contributed by atoms with E-state index in [0.717, 1.165) is 12.8 Å². The third-order valence-electron chi connectivity index (χ3n) is 3.73. The van der Waals surface area contributed by atoms with Gasteiger partial charge in [0.1, 0.15) is 6.04 Å². The summed E-state index contributed by atoms with van der Waals surface area (Å²) in [4.78, 5) is 34.6. The lowest BCUT2D eigenvalue weighted by Gasteiger charge is -2.17. The van der Waals surface area contributed by atoms with E-state index in [2.05, 4.69) is 5.32 Å². The number of carboxylic acid groups (broad SMARTS) is 1. The van der Waals surface area contributed by atoms with Crippen LogP contribution in [0, 0.1) is 5.92 Å². The van der Waals surface area contributed by atoms with Crippen LogP contribution in [0.15, 0.2) is 12.1 Å². The number of carbonyl (C=O) groups excluding carboxylic acids is 2. The van der Waals surface area contributed by atoms with Gasteiger partial charge in [0.15, 0.2) is 18.1 Å². The van der Waals surface area contributed by atoms with Gasteiger partial charge in [-0.2, -0.15) is 0 Å². The van der Waals surface area contributed by atoms with Crippen molar-refractivity contribution >= 4 is 17.8 Å². The fourth-order valence-electron chi connectivity index (χ4n) is 2.33. The van der Waals surface area contributed by atoms with Crippen LogP contribution in [-0.2, 0) is 9.59 Å². The molecule has 1 atom stereocenters. The molecule has 0 aromatic heterocycles. The van der Waals surface area contributed by atoms with E-state index in [1.807, 2.05) is 0 Å². The minimum absolute atomic E-state index is 0.0524. The second-order valence-corrected chi connectivity index (χ2v) is 5.59. The van der Waals surface area contributed by atoms with Crippen LogP contribution in [0.5, 0.6) is 17.2 Å². The van der Waals surface area contributed by atoms with Gasteiger partial charge in [-0.15, -0.1) is 0 Å². The first kappa shape index (κ1) is 18.4. The highest BCUT2D eigenvalue weighted by Gasteiger charge is 2.37. The Hall–Kier alpha value is -2.97. The van der Waals surface area contributed by atoms with Crippen molar-refractivity contribution in [2.24, 2.45) is 11.7 Å². The van der Waals surface area contributed by atoms with Gasteiger partial charge in [0.25, 0.3) is 11.8 Å². The largest absolute Gasteiger partial charge is 0.493 e. The second-order valence-electron chi connectivity index (χ2n) is 5.59. The van der Waals surface area contributed by atoms with E-state index in [1.54, 1.807) is 0 Å². The normalized spacial score (nSPS) is 14.3. The SMILES string of the molecule is COc1cc(C(=O)NC(C(=O)O)C2CC2)cc(OC)c1OCC(N)=O. The molecule has 0 radical (unpaired) electrons. The molecule has 0 spiro atoms. The van der Waals surface area contributed by atoms with Gasteiger partial charge in [-0.1, -0.05) is 0 Å². The third-order valence-corrected chi connectivity index (χ3v) is 3.73. The average molecular weight is 352 g/mol. The van der Waals surface area contributed by atoms with Gasteiger partial charge in [0.05, 0.1) is 14.2 Å². The highest BCUT2D eigenvalue weighted by Crippen LogP contribution is 2.39. The van der Waals surface area contributed by atoms with Crippen LogP contribution in [0.1, 0.15) is 23.2 Å². The first-order valence-electron chi connectivity index (χ1n) is 7.58. The Morgan fingerprint density at radius 2 is 1.80 bits per heavy atom. The van der Waals surface area contributed by atoms with Crippen LogP contribution in [-0.4, -0.2) is 49.8 Å². The molecule has 0 saturated heterocycles. The number of ether oxygens (including phenoxy) is 3. The molecule has 1 saturated carbocycles. The number of aliphatic carboxylic acids is 1. The Labute approximate surface area is 144 Å². The van der Waals surface area contributed by atoms with E-state index < -0.39 is 23.8 Å². The van der Waals surface area contributed by atoms with Crippen molar-refractivity contribution in [3.63, 3.8) is 0 Å². The molecular weight excluding hydrogens is 332 g/mol. The predicted octanol–water partition coefficient (Wildman–Crippen LogP) is 0.161. The smallest absolute Gasteiger partial charge is 0.326 e. The number of amides is 2. The summed E-state index contributed by atoms with van der Waals surface area (Å²) in [5.74, 6) is -1.94. The second kappa shape index (κ2) is 7.73. The molecule has 25 heavy (non-hydrogen) atoms. The number of methoxy groups -OCH3 is 2. The summed E-state index contributed by atoms with van der Waals surface area (Å²) in [7, 11) is 2.72. The molecular formula is C16H20N2O7. The van der Waals surface area contributed by atoms with Crippen molar-refractivity contribution in [2.75, 3.05) is 20.8 Å². The lowest BCUT2D eigenvalue weighted by molar-refractivity contribution is -0.139. The van der Waals surface area contributed by atoms with E-state index in [9.17, 15) is 19.5 Å². The number of carbonyl (C=O) groups is 3. The number of rotatable bonds is 9. The Kier molecular flexibility index (Phi) is 5.68. The number of hydrogen-bond acceptors (Lipinski definition) is 6. The maximum absolute atomic E-state index is 12.4. The summed E-state index contributed by atoms with van der Waals surface area (Å²) in [5.41, 5.74) is 5.20. The van der Waals surface area contributed by atoms with E-state index in [-0.39, 0.29) is 35.3 Å². The van der Waals surface area contributed by atoms with Crippen molar-refractivity contribution in [3.05, 3.63) is 17.7 Å². The standard InChI is InChI=1S/C16H20N2O7/c1-23-10-5-9(6-11(24-2)14(10)25-7-12(17)19)15(20)18-13(16(21)22)8-3-4-8/h5-6,8,13H,3-4,7H2,1-2H3,(H2,17,19)(H,18,20)(H,21,22). The minimum atomic E-state index is -1.07. The molecule has 1 aliphatic rings. The van der Waals surface area contributed by atoms with Crippen LogP contribution in [0.3, 0.4) is 0 Å². The van der Waals surface area contributed by atoms with Gasteiger partial charge in [-0.05, 0) is 30.9 Å². The molecule has 1 unspecified atom stereocenters. The van der Waals surface area contributed by atoms with Gasteiger partial charge in [0, 0.05) is 5.56 Å². The van der Waals surface area contributed by atoms with Gasteiger partial charge in [-0.3, -0.25) is 9.59 Å². The van der Waals surface area contributed by atoms with Gasteiger partial charge in [-0.25, -0.2) is 4.79 Å². The van der Waals surface area contributed by atoms with Gasteiger partial charge < -0.3 is 30.4 Å². The summed E-state index contributed by atoms with van der Waals surface area (Å²) in [6, 6.07) is 1.82. The fraction of sp³-hybridized carbons (Fsp3) is 0.438. The number of nitrogens with one attached hydrogen (secondary N) is 1. The van der Waals surface area contributed by atoms with Crippen molar-refractivity contribution in [1.82, 2.24) is 5.32 Å². The molecule has 2 rings (SSSR count). The quantitative estimate of drug-likeness (QED) is 0.575. The molecule has 1 aromatic rings. The molecule has 1 aliphatic carbocycles. The van der Waals surface area contributed by atoms with E-state index >= 15 is 0 Å². The Morgan fingerprint density at radius 3 is 2.20 bits per heavy atom. The fourth-order valence-corrected chi connectivity index (χ4v) is 2.33. The maximum atomic E-state index is 12.4. The zero-order valence-electron chi connectivity index (χ0n) is 13.9. The maximum Gasteiger partial charge on any atom is 0.326 e. The van der Waals surface area contributed by atoms with Crippen LogP contribution in [0.2, 0.25) is 0 Å². The van der Waals surface area contributed by atoms with Crippen LogP contribution in [0.4, 0.5) is 0 Å². The summed E-state index contributed by atoms with van der Waals surface area (Å²) < 4.78 is 15.6. The van der Waals surface area contributed by atoms with Crippen LogP contribution in [0.25, 0.3) is 0 Å². The molecule has 0 heterocycles. The molecule has 1 aromatic carbocycles. The summed E-state index contributed by atoms with van der Waals surface area (Å²) >= 11 is 0. The Morgan fingerprint density at radius 1 is 1.24 bits per heavy atom. The van der Waals surface area contributed by atoms with E-state index in [0.29, 0.717) is 0 Å². The van der Waals surface area contributed by atoms with Gasteiger partial charge >= 0.3 is 5.97 Å². The summed E-state index contributed by atoms with van der Waals surface area (Å²) in [6.45, 7) is -0.388. The van der Waals surface area contributed by atoms with Gasteiger partial charge in [0.2, 0.25) is 5.75 Å². The highest BCUT2D eigenvalue weighted by atomic mass is 16.5. The molecule has 2 amide bonds. The number of carboxylic acids is 1. The Balaban J connectivity index is 2.26. The lowest BCUT2D eigenvalue weighted by Crippen LogP contribution is -2.42. The van der Waals surface area contributed by atoms with Crippen molar-refractivity contribution in [2.45, 2.75) is 18.9 Å². The van der Waals surface area contributed by atoms with Crippen LogP contribution >= 0.6 is 0 Å². The molecule has 1 fully saturated rings. The number of hydrogen-bond donors (Lipinski definition) is 3. The van der Waals surface area contributed by atoms with Crippen molar-refractivity contribution in [1.29, 1.82) is 0 Å². The highest BCUT2D eigenvalue weighted by molar-refractivity contribution is 5.98. The minimum Gasteiger partial charge on any atom is -0.493 e. The molecule has 9 heteroatoms. The molecule has 9 nitrogen and oxygen atoms in total.